The van der Waals surface area contributed by atoms with Crippen molar-refractivity contribution >= 4 is 27.3 Å². The van der Waals surface area contributed by atoms with E-state index in [-0.39, 0.29) is 23.9 Å². The summed E-state index contributed by atoms with van der Waals surface area (Å²) < 4.78 is 20.1. The van der Waals surface area contributed by atoms with Crippen LogP contribution in [0.3, 0.4) is 0 Å². The number of hydrogen-bond acceptors (Lipinski definition) is 3. The summed E-state index contributed by atoms with van der Waals surface area (Å²) in [5, 5.41) is 0.523. The molecule has 20 heavy (non-hydrogen) atoms. The van der Waals surface area contributed by atoms with E-state index in [9.17, 15) is 9.18 Å². The minimum atomic E-state index is -0.276. The molecule has 0 radical (unpaired) electrons. The lowest BCUT2D eigenvalue weighted by Crippen LogP contribution is -2.48. The third kappa shape index (κ3) is 2.43. The van der Waals surface area contributed by atoms with E-state index in [1.54, 1.807) is 17.0 Å². The second kappa shape index (κ2) is 5.14. The van der Waals surface area contributed by atoms with Gasteiger partial charge in [0.05, 0.1) is 17.1 Å². The number of rotatable bonds is 1. The van der Waals surface area contributed by atoms with Crippen LogP contribution < -0.4 is 0 Å². The van der Waals surface area contributed by atoms with Gasteiger partial charge in [-0.3, -0.25) is 4.79 Å². The first-order valence-corrected chi connectivity index (χ1v) is 7.49. The maximum absolute atomic E-state index is 13.7. The summed E-state index contributed by atoms with van der Waals surface area (Å²) in [6.45, 7) is 5.08. The van der Waals surface area contributed by atoms with E-state index in [0.717, 1.165) is 4.70 Å². The van der Waals surface area contributed by atoms with Gasteiger partial charge < -0.3 is 9.64 Å². The van der Waals surface area contributed by atoms with Gasteiger partial charge in [0.2, 0.25) is 0 Å². The molecular formula is C15H16FNO2S. The molecule has 2 atom stereocenters. The highest BCUT2D eigenvalue weighted by molar-refractivity contribution is 7.20. The van der Waals surface area contributed by atoms with Crippen LogP contribution in [0, 0.1) is 5.82 Å². The fourth-order valence-corrected chi connectivity index (χ4v) is 3.67. The third-order valence-electron chi connectivity index (χ3n) is 3.43. The Hall–Kier alpha value is -1.46. The minimum absolute atomic E-state index is 0.0346. The van der Waals surface area contributed by atoms with E-state index in [1.165, 1.54) is 17.4 Å². The summed E-state index contributed by atoms with van der Waals surface area (Å²) in [6, 6.07) is 6.58. The summed E-state index contributed by atoms with van der Waals surface area (Å²) >= 11 is 1.34. The molecule has 0 aliphatic carbocycles. The molecule has 3 nitrogen and oxygen atoms in total. The van der Waals surface area contributed by atoms with E-state index < -0.39 is 0 Å². The smallest absolute Gasteiger partial charge is 0.264 e. The Morgan fingerprint density at radius 1 is 1.35 bits per heavy atom. The predicted octanol–water partition coefficient (Wildman–Crippen LogP) is 3.29. The molecule has 5 heteroatoms. The molecule has 1 amide bonds. The molecular weight excluding hydrogens is 277 g/mol. The van der Waals surface area contributed by atoms with E-state index in [4.69, 9.17) is 4.74 Å². The number of hydrogen-bond donors (Lipinski definition) is 0. The largest absolute Gasteiger partial charge is 0.372 e. The topological polar surface area (TPSA) is 29.5 Å². The van der Waals surface area contributed by atoms with Gasteiger partial charge in [0.1, 0.15) is 5.82 Å². The van der Waals surface area contributed by atoms with Gasteiger partial charge >= 0.3 is 0 Å². The number of fused-ring (bicyclic) bond motifs is 1. The fraction of sp³-hybridized carbons (Fsp3) is 0.400. The van der Waals surface area contributed by atoms with Gasteiger partial charge in [-0.2, -0.15) is 0 Å². The van der Waals surface area contributed by atoms with Crippen LogP contribution in [0.2, 0.25) is 0 Å². The first-order valence-electron chi connectivity index (χ1n) is 6.67. The molecule has 106 valence electrons. The molecule has 0 spiro atoms. The number of amides is 1. The summed E-state index contributed by atoms with van der Waals surface area (Å²) in [4.78, 5) is 14.9. The first-order chi connectivity index (χ1) is 9.54. The van der Waals surface area contributed by atoms with Crippen molar-refractivity contribution in [3.8, 4) is 0 Å². The highest BCUT2D eigenvalue weighted by Gasteiger charge is 2.27. The normalized spacial score (nSPS) is 23.2. The van der Waals surface area contributed by atoms with Gasteiger partial charge in [0, 0.05) is 23.2 Å². The number of nitrogens with zero attached hydrogens (tertiary/aromatic N) is 1. The molecule has 0 saturated carbocycles. The number of carbonyl (C=O) groups excluding carboxylic acids is 1. The van der Waals surface area contributed by atoms with Crippen LogP contribution in [0.1, 0.15) is 23.5 Å². The fourth-order valence-electron chi connectivity index (χ4n) is 2.63. The van der Waals surface area contributed by atoms with Gasteiger partial charge in [-0.05, 0) is 32.0 Å². The maximum Gasteiger partial charge on any atom is 0.264 e. The van der Waals surface area contributed by atoms with Crippen LogP contribution >= 0.6 is 11.3 Å². The molecule has 1 aliphatic rings. The number of morpholine rings is 1. The van der Waals surface area contributed by atoms with Gasteiger partial charge in [0.15, 0.2) is 0 Å². The Bertz CT molecular complexity index is 644. The minimum Gasteiger partial charge on any atom is -0.372 e. The molecule has 1 aliphatic heterocycles. The van der Waals surface area contributed by atoms with Crippen molar-refractivity contribution in [1.82, 2.24) is 4.90 Å². The van der Waals surface area contributed by atoms with Crippen LogP contribution in [0.4, 0.5) is 4.39 Å². The van der Waals surface area contributed by atoms with Crippen molar-refractivity contribution in [2.45, 2.75) is 26.1 Å². The zero-order valence-corrected chi connectivity index (χ0v) is 12.2. The van der Waals surface area contributed by atoms with Crippen LogP contribution in [0.5, 0.6) is 0 Å². The summed E-state index contributed by atoms with van der Waals surface area (Å²) in [7, 11) is 0. The second-order valence-corrected chi connectivity index (χ2v) is 6.31. The molecule has 1 aromatic carbocycles. The molecule has 2 heterocycles. The molecule has 2 aromatic rings. The van der Waals surface area contributed by atoms with E-state index in [2.05, 4.69) is 0 Å². The number of benzene rings is 1. The Balaban J connectivity index is 1.90. The number of thiophene rings is 1. The Morgan fingerprint density at radius 3 is 2.70 bits per heavy atom. The SMILES string of the molecule is C[C@@H]1CN(C(=O)c2cc3c(F)cccc3s2)C[C@H](C)O1. The lowest BCUT2D eigenvalue weighted by molar-refractivity contribution is -0.0585. The van der Waals surface area contributed by atoms with Crippen molar-refractivity contribution in [2.24, 2.45) is 0 Å². The molecule has 3 rings (SSSR count). The van der Waals surface area contributed by atoms with Gasteiger partial charge in [-0.15, -0.1) is 11.3 Å². The average Bonchev–Trinajstić information content (AvgIpc) is 2.82. The highest BCUT2D eigenvalue weighted by Crippen LogP contribution is 2.29. The van der Waals surface area contributed by atoms with E-state index >= 15 is 0 Å². The molecule has 0 N–H and O–H groups in total. The quantitative estimate of drug-likeness (QED) is 0.807. The average molecular weight is 293 g/mol. The first kappa shape index (κ1) is 13.5. The maximum atomic E-state index is 13.7. The van der Waals surface area contributed by atoms with Gasteiger partial charge in [-0.25, -0.2) is 4.39 Å². The summed E-state index contributed by atoms with van der Waals surface area (Å²) in [5.74, 6) is -0.311. The molecule has 1 aromatic heterocycles. The Labute approximate surface area is 121 Å². The van der Waals surface area contributed by atoms with Crippen molar-refractivity contribution in [3.05, 3.63) is 35.0 Å². The van der Waals surface area contributed by atoms with Crippen molar-refractivity contribution in [1.29, 1.82) is 0 Å². The highest BCUT2D eigenvalue weighted by atomic mass is 32.1. The molecule has 1 fully saturated rings. The van der Waals surface area contributed by atoms with Crippen LogP contribution in [-0.2, 0) is 4.74 Å². The van der Waals surface area contributed by atoms with E-state index in [1.807, 2.05) is 19.9 Å². The lowest BCUT2D eigenvalue weighted by atomic mass is 10.2. The van der Waals surface area contributed by atoms with Crippen LogP contribution in [0.25, 0.3) is 10.1 Å². The number of ether oxygens (including phenoxy) is 1. The monoisotopic (exact) mass is 293 g/mol. The van der Waals surface area contributed by atoms with Crippen LogP contribution in [-0.4, -0.2) is 36.1 Å². The molecule has 1 saturated heterocycles. The predicted molar refractivity (Wildman–Crippen MR) is 77.7 cm³/mol. The Kier molecular flexibility index (Phi) is 3.48. The number of carbonyl (C=O) groups is 1. The summed E-state index contributed by atoms with van der Waals surface area (Å²) in [6.07, 6.45) is 0.0719. The van der Waals surface area contributed by atoms with Gasteiger partial charge in [0.25, 0.3) is 5.91 Å². The Morgan fingerprint density at radius 2 is 2.05 bits per heavy atom. The van der Waals surface area contributed by atoms with Crippen molar-refractivity contribution in [2.75, 3.05) is 13.1 Å². The van der Waals surface area contributed by atoms with Gasteiger partial charge in [-0.1, -0.05) is 6.07 Å². The zero-order chi connectivity index (χ0) is 14.3. The van der Waals surface area contributed by atoms with Crippen molar-refractivity contribution < 1.29 is 13.9 Å². The van der Waals surface area contributed by atoms with Crippen molar-refractivity contribution in [3.63, 3.8) is 0 Å². The number of halogens is 1. The summed E-state index contributed by atoms with van der Waals surface area (Å²) in [5.41, 5.74) is 0. The lowest BCUT2D eigenvalue weighted by Gasteiger charge is -2.35. The second-order valence-electron chi connectivity index (χ2n) is 5.23. The standard InChI is InChI=1S/C15H16FNO2S/c1-9-7-17(8-10(2)19-9)15(18)14-6-11-12(16)4-3-5-13(11)20-14/h3-6,9-10H,7-8H2,1-2H3/t9-,10+. The molecule has 0 unspecified atom stereocenters. The van der Waals surface area contributed by atoms with Crippen LogP contribution in [0.15, 0.2) is 24.3 Å². The van der Waals surface area contributed by atoms with E-state index in [0.29, 0.717) is 23.4 Å². The zero-order valence-electron chi connectivity index (χ0n) is 11.4. The molecule has 0 bridgehead atoms. The third-order valence-corrected chi connectivity index (χ3v) is 4.51.